The number of carboxylic acid groups (broad SMARTS) is 1. The largest absolute Gasteiger partial charge is 0.481 e. The van der Waals surface area contributed by atoms with Crippen molar-refractivity contribution in [2.75, 3.05) is 6.54 Å². The van der Waals surface area contributed by atoms with Crippen molar-refractivity contribution in [2.45, 2.75) is 25.4 Å². The van der Waals surface area contributed by atoms with Crippen LogP contribution in [-0.2, 0) is 16.0 Å². The van der Waals surface area contributed by atoms with E-state index in [4.69, 9.17) is 5.11 Å². The molecule has 1 aromatic rings. The molecule has 1 atom stereocenters. The predicted octanol–water partition coefficient (Wildman–Crippen LogP) is 0.479. The third-order valence-corrected chi connectivity index (χ3v) is 2.68. The van der Waals surface area contributed by atoms with Crippen LogP contribution in [0.3, 0.4) is 0 Å². The third kappa shape index (κ3) is 6.00. The highest BCUT2D eigenvalue weighted by Crippen LogP contribution is 2.13. The Kier molecular flexibility index (Phi) is 5.37. The molecule has 0 heterocycles. The van der Waals surface area contributed by atoms with Crippen molar-refractivity contribution in [3.63, 3.8) is 0 Å². The highest BCUT2D eigenvalue weighted by molar-refractivity contribution is 5.79. The lowest BCUT2D eigenvalue weighted by Crippen LogP contribution is -2.42. The zero-order valence-electron chi connectivity index (χ0n) is 11.4. The molecule has 1 rings (SSSR count). The van der Waals surface area contributed by atoms with E-state index in [1.165, 1.54) is 25.1 Å². The molecule has 21 heavy (non-hydrogen) atoms. The lowest BCUT2D eigenvalue weighted by atomic mass is 10.0. The number of nitro benzene ring substituents is 1. The highest BCUT2D eigenvalue weighted by Gasteiger charge is 2.24. The van der Waals surface area contributed by atoms with Gasteiger partial charge in [0.15, 0.2) is 0 Å². The van der Waals surface area contributed by atoms with Gasteiger partial charge >= 0.3 is 5.97 Å². The van der Waals surface area contributed by atoms with Gasteiger partial charge in [-0.25, -0.2) is 0 Å². The van der Waals surface area contributed by atoms with Gasteiger partial charge in [-0.2, -0.15) is 0 Å². The molecule has 1 aromatic carbocycles. The van der Waals surface area contributed by atoms with E-state index in [9.17, 15) is 24.8 Å². The summed E-state index contributed by atoms with van der Waals surface area (Å²) < 4.78 is 0. The molecular formula is C13H16N2O6. The van der Waals surface area contributed by atoms with Crippen LogP contribution in [0.15, 0.2) is 24.3 Å². The SMILES string of the molecule is CC(O)(CNC(=O)Cc1cccc([N+](=O)[O-])c1)CC(=O)O. The molecule has 0 aliphatic rings. The molecule has 0 aliphatic heterocycles. The molecule has 0 radical (unpaired) electrons. The van der Waals surface area contributed by atoms with Crippen molar-refractivity contribution in [1.82, 2.24) is 5.32 Å². The van der Waals surface area contributed by atoms with E-state index < -0.39 is 28.8 Å². The first-order chi connectivity index (χ1) is 9.69. The number of benzene rings is 1. The Morgan fingerprint density at radius 2 is 2.10 bits per heavy atom. The van der Waals surface area contributed by atoms with E-state index in [0.29, 0.717) is 5.56 Å². The fraction of sp³-hybridized carbons (Fsp3) is 0.385. The topological polar surface area (TPSA) is 130 Å². The zero-order chi connectivity index (χ0) is 16.0. The molecule has 1 amide bonds. The van der Waals surface area contributed by atoms with Crippen molar-refractivity contribution in [3.8, 4) is 0 Å². The van der Waals surface area contributed by atoms with Crippen LogP contribution in [0.1, 0.15) is 18.9 Å². The van der Waals surface area contributed by atoms with Gasteiger partial charge in [0.25, 0.3) is 5.69 Å². The number of rotatable bonds is 7. The van der Waals surface area contributed by atoms with Gasteiger partial charge in [0.05, 0.1) is 23.4 Å². The molecule has 3 N–H and O–H groups in total. The maximum Gasteiger partial charge on any atom is 0.306 e. The van der Waals surface area contributed by atoms with Crippen molar-refractivity contribution < 1.29 is 24.7 Å². The van der Waals surface area contributed by atoms with E-state index in [0.717, 1.165) is 0 Å². The first-order valence-electron chi connectivity index (χ1n) is 6.14. The van der Waals surface area contributed by atoms with Gasteiger partial charge in [-0.05, 0) is 12.5 Å². The normalized spacial score (nSPS) is 13.2. The van der Waals surface area contributed by atoms with Gasteiger partial charge in [-0.1, -0.05) is 12.1 Å². The van der Waals surface area contributed by atoms with E-state index in [1.54, 1.807) is 6.07 Å². The van der Waals surface area contributed by atoms with Crippen LogP contribution >= 0.6 is 0 Å². The minimum absolute atomic E-state index is 0.0924. The zero-order valence-corrected chi connectivity index (χ0v) is 11.4. The van der Waals surface area contributed by atoms with Crippen LogP contribution < -0.4 is 5.32 Å². The van der Waals surface area contributed by atoms with Crippen molar-refractivity contribution >= 4 is 17.6 Å². The van der Waals surface area contributed by atoms with Crippen LogP contribution in [0, 0.1) is 10.1 Å². The summed E-state index contributed by atoms with van der Waals surface area (Å²) in [5.41, 5.74) is -1.21. The molecule has 0 spiro atoms. The number of carboxylic acids is 1. The molecule has 8 nitrogen and oxygen atoms in total. The molecule has 0 aromatic heterocycles. The maximum atomic E-state index is 11.7. The van der Waals surface area contributed by atoms with E-state index in [2.05, 4.69) is 5.32 Å². The summed E-state index contributed by atoms with van der Waals surface area (Å²) >= 11 is 0. The summed E-state index contributed by atoms with van der Waals surface area (Å²) in [4.78, 5) is 32.3. The Balaban J connectivity index is 2.56. The quantitative estimate of drug-likeness (QED) is 0.495. The van der Waals surface area contributed by atoms with Gasteiger partial charge in [-0.15, -0.1) is 0 Å². The number of hydrogen-bond acceptors (Lipinski definition) is 5. The highest BCUT2D eigenvalue weighted by atomic mass is 16.6. The number of nitrogens with zero attached hydrogens (tertiary/aromatic N) is 1. The van der Waals surface area contributed by atoms with Crippen LogP contribution in [0.5, 0.6) is 0 Å². The Morgan fingerprint density at radius 1 is 1.43 bits per heavy atom. The van der Waals surface area contributed by atoms with Crippen LogP contribution in [0.25, 0.3) is 0 Å². The van der Waals surface area contributed by atoms with Gasteiger partial charge < -0.3 is 15.5 Å². The predicted molar refractivity (Wildman–Crippen MR) is 72.7 cm³/mol. The Morgan fingerprint density at radius 3 is 2.67 bits per heavy atom. The summed E-state index contributed by atoms with van der Waals surface area (Å²) in [5.74, 6) is -1.63. The minimum Gasteiger partial charge on any atom is -0.481 e. The molecule has 0 fully saturated rings. The fourth-order valence-corrected chi connectivity index (χ4v) is 1.71. The number of carbonyl (C=O) groups is 2. The minimum atomic E-state index is -1.55. The van der Waals surface area contributed by atoms with Gasteiger partial charge in [0.1, 0.15) is 0 Å². The summed E-state index contributed by atoms with van der Waals surface area (Å²) in [6, 6.07) is 5.65. The van der Waals surface area contributed by atoms with Crippen LogP contribution in [0.4, 0.5) is 5.69 Å². The number of nitro groups is 1. The summed E-state index contributed by atoms with van der Waals surface area (Å²) in [5, 5.41) is 31.3. The standard InChI is InChI=1S/C13H16N2O6/c1-13(19,7-12(17)18)8-14-11(16)6-9-3-2-4-10(5-9)15(20)21/h2-5,19H,6-8H2,1H3,(H,14,16)(H,17,18). The average molecular weight is 296 g/mol. The Hall–Kier alpha value is -2.48. The second-order valence-corrected chi connectivity index (χ2v) is 4.95. The number of carbonyl (C=O) groups excluding carboxylic acids is 1. The van der Waals surface area contributed by atoms with Crippen LogP contribution in [-0.4, -0.2) is 39.2 Å². The average Bonchev–Trinajstić information content (AvgIpc) is 2.35. The number of non-ortho nitro benzene ring substituents is 1. The van der Waals surface area contributed by atoms with Crippen molar-refractivity contribution in [2.24, 2.45) is 0 Å². The first kappa shape index (κ1) is 16.6. The van der Waals surface area contributed by atoms with E-state index in [1.807, 2.05) is 0 Å². The molecule has 0 saturated carbocycles. The second kappa shape index (κ2) is 6.80. The summed E-state index contributed by atoms with van der Waals surface area (Å²) in [6.45, 7) is 1.09. The molecule has 114 valence electrons. The fourth-order valence-electron chi connectivity index (χ4n) is 1.71. The van der Waals surface area contributed by atoms with Gasteiger partial charge in [-0.3, -0.25) is 19.7 Å². The smallest absolute Gasteiger partial charge is 0.306 e. The number of hydrogen-bond donors (Lipinski definition) is 3. The number of nitrogens with one attached hydrogen (secondary N) is 1. The molecule has 8 heteroatoms. The first-order valence-corrected chi connectivity index (χ1v) is 6.14. The van der Waals surface area contributed by atoms with E-state index in [-0.39, 0.29) is 18.7 Å². The lowest BCUT2D eigenvalue weighted by Gasteiger charge is -2.21. The lowest BCUT2D eigenvalue weighted by molar-refractivity contribution is -0.384. The number of aliphatic hydroxyl groups is 1. The van der Waals surface area contributed by atoms with Crippen molar-refractivity contribution in [3.05, 3.63) is 39.9 Å². The van der Waals surface area contributed by atoms with E-state index >= 15 is 0 Å². The Bertz CT molecular complexity index is 555. The van der Waals surface area contributed by atoms with Gasteiger partial charge in [0, 0.05) is 18.7 Å². The van der Waals surface area contributed by atoms with Gasteiger partial charge in [0.2, 0.25) is 5.91 Å². The number of amides is 1. The summed E-state index contributed by atoms with van der Waals surface area (Å²) in [7, 11) is 0. The molecule has 0 saturated heterocycles. The molecular weight excluding hydrogens is 280 g/mol. The molecule has 0 aliphatic carbocycles. The third-order valence-electron chi connectivity index (χ3n) is 2.68. The Labute approximate surface area is 120 Å². The number of aliphatic carboxylic acids is 1. The molecule has 0 bridgehead atoms. The molecule has 1 unspecified atom stereocenters. The monoisotopic (exact) mass is 296 g/mol. The van der Waals surface area contributed by atoms with Crippen LogP contribution in [0.2, 0.25) is 0 Å². The van der Waals surface area contributed by atoms with Crippen molar-refractivity contribution in [1.29, 1.82) is 0 Å². The summed E-state index contributed by atoms with van der Waals surface area (Å²) in [6.07, 6.45) is -0.588. The maximum absolute atomic E-state index is 11.7. The second-order valence-electron chi connectivity index (χ2n) is 4.95.